The van der Waals surface area contributed by atoms with Crippen molar-refractivity contribution in [3.63, 3.8) is 0 Å². The molecular formula is C30H23N2O. The summed E-state index contributed by atoms with van der Waals surface area (Å²) >= 11 is 0. The van der Waals surface area contributed by atoms with E-state index in [4.69, 9.17) is 0 Å². The first kappa shape index (κ1) is 20.4. The van der Waals surface area contributed by atoms with Crippen LogP contribution in [0.25, 0.3) is 0 Å². The van der Waals surface area contributed by atoms with Gasteiger partial charge < -0.3 is 9.80 Å². The molecule has 0 heterocycles. The first-order chi connectivity index (χ1) is 16.3. The van der Waals surface area contributed by atoms with Crippen LogP contribution >= 0.6 is 0 Å². The maximum atomic E-state index is 13.5. The van der Waals surface area contributed by atoms with Crippen molar-refractivity contribution in [3.8, 4) is 5.75 Å². The molecule has 0 aliphatic carbocycles. The van der Waals surface area contributed by atoms with Gasteiger partial charge in [-0.05, 0) is 60.7 Å². The lowest BCUT2D eigenvalue weighted by molar-refractivity contribution is 0.356. The quantitative estimate of drug-likeness (QED) is 0.271. The molecule has 0 atom stereocenters. The molecule has 0 spiro atoms. The zero-order valence-electron chi connectivity index (χ0n) is 18.1. The van der Waals surface area contributed by atoms with E-state index in [0.717, 1.165) is 28.4 Å². The number of hydrogen-bond acceptors (Lipinski definition) is 2. The van der Waals surface area contributed by atoms with Gasteiger partial charge in [0, 0.05) is 22.7 Å². The van der Waals surface area contributed by atoms with Crippen molar-refractivity contribution >= 4 is 34.1 Å². The lowest BCUT2D eigenvalue weighted by Crippen LogP contribution is -2.17. The standard InChI is InChI=1S/C30H23N2O/c33-29-23-13-22-28(31(24-14-5-1-6-15-24)25-16-7-2-8-17-25)30(29)32(26-18-9-3-10-19-26)27-20-11-4-12-21-27/h1-23H. The Labute approximate surface area is 194 Å². The van der Waals surface area contributed by atoms with E-state index in [-0.39, 0.29) is 5.75 Å². The zero-order chi connectivity index (χ0) is 22.5. The van der Waals surface area contributed by atoms with Crippen LogP contribution in [0.1, 0.15) is 0 Å². The summed E-state index contributed by atoms with van der Waals surface area (Å²) in [6, 6.07) is 45.8. The summed E-state index contributed by atoms with van der Waals surface area (Å²) in [5.74, 6) is -0.0444. The van der Waals surface area contributed by atoms with E-state index >= 15 is 0 Å². The van der Waals surface area contributed by atoms with E-state index in [1.807, 2.05) is 114 Å². The van der Waals surface area contributed by atoms with E-state index in [1.54, 1.807) is 6.07 Å². The van der Waals surface area contributed by atoms with Gasteiger partial charge in [-0.3, -0.25) is 5.11 Å². The van der Waals surface area contributed by atoms with Gasteiger partial charge in [0.2, 0.25) is 5.75 Å². The number of hydrogen-bond donors (Lipinski definition) is 0. The molecule has 0 saturated carbocycles. The van der Waals surface area contributed by atoms with Crippen LogP contribution in [-0.4, -0.2) is 0 Å². The topological polar surface area (TPSA) is 26.4 Å². The molecule has 3 heteroatoms. The molecule has 0 aliphatic rings. The summed E-state index contributed by atoms with van der Waals surface area (Å²) in [6.07, 6.45) is 0. The number of anilines is 6. The molecule has 5 rings (SSSR count). The second kappa shape index (κ2) is 9.33. The van der Waals surface area contributed by atoms with Crippen molar-refractivity contribution < 1.29 is 5.11 Å². The van der Waals surface area contributed by atoms with Gasteiger partial charge in [-0.15, -0.1) is 0 Å². The fraction of sp³-hybridized carbons (Fsp3) is 0. The van der Waals surface area contributed by atoms with Gasteiger partial charge in [-0.2, -0.15) is 0 Å². The first-order valence-corrected chi connectivity index (χ1v) is 10.9. The van der Waals surface area contributed by atoms with Crippen LogP contribution in [0.2, 0.25) is 0 Å². The molecule has 3 nitrogen and oxygen atoms in total. The Balaban J connectivity index is 1.79. The predicted molar refractivity (Wildman–Crippen MR) is 136 cm³/mol. The fourth-order valence-corrected chi connectivity index (χ4v) is 4.06. The lowest BCUT2D eigenvalue weighted by atomic mass is 10.1. The molecule has 0 aliphatic heterocycles. The van der Waals surface area contributed by atoms with Crippen LogP contribution in [0.5, 0.6) is 5.75 Å². The van der Waals surface area contributed by atoms with Gasteiger partial charge in [0.05, 0.1) is 5.69 Å². The van der Waals surface area contributed by atoms with Crippen molar-refractivity contribution in [1.82, 2.24) is 0 Å². The number of para-hydroxylation sites is 5. The summed E-state index contributed by atoms with van der Waals surface area (Å²) in [5.41, 5.74) is 5.23. The molecular weight excluding hydrogens is 404 g/mol. The van der Waals surface area contributed by atoms with E-state index in [0.29, 0.717) is 5.69 Å². The van der Waals surface area contributed by atoms with Crippen molar-refractivity contribution in [2.24, 2.45) is 0 Å². The molecule has 5 aromatic carbocycles. The molecule has 0 amide bonds. The summed E-state index contributed by atoms with van der Waals surface area (Å²) in [5, 5.41) is 13.5. The van der Waals surface area contributed by atoms with Crippen molar-refractivity contribution in [2.75, 3.05) is 9.80 Å². The normalized spacial score (nSPS) is 10.5. The average Bonchev–Trinajstić information content (AvgIpc) is 2.89. The van der Waals surface area contributed by atoms with E-state index < -0.39 is 0 Å². The van der Waals surface area contributed by atoms with Crippen molar-refractivity contribution in [1.29, 1.82) is 0 Å². The van der Waals surface area contributed by atoms with Gasteiger partial charge in [-0.25, -0.2) is 0 Å². The highest BCUT2D eigenvalue weighted by molar-refractivity contribution is 5.93. The van der Waals surface area contributed by atoms with Crippen LogP contribution in [0.4, 0.5) is 34.1 Å². The highest BCUT2D eigenvalue weighted by atomic mass is 16.3. The molecule has 0 fully saturated rings. The average molecular weight is 428 g/mol. The third-order valence-electron chi connectivity index (χ3n) is 5.50. The Bertz CT molecular complexity index is 1230. The largest absolute Gasteiger partial charge is 0.308 e. The van der Waals surface area contributed by atoms with Crippen LogP contribution < -0.4 is 9.80 Å². The maximum absolute atomic E-state index is 13.5. The minimum Gasteiger partial charge on any atom is -0.308 e. The zero-order valence-corrected chi connectivity index (χ0v) is 18.1. The number of rotatable bonds is 6. The molecule has 0 saturated heterocycles. The van der Waals surface area contributed by atoms with Crippen LogP contribution in [0.3, 0.4) is 0 Å². The second-order valence-corrected chi connectivity index (χ2v) is 7.64. The van der Waals surface area contributed by atoms with Gasteiger partial charge in [0.15, 0.2) is 0 Å². The highest BCUT2D eigenvalue weighted by Crippen LogP contribution is 2.49. The second-order valence-electron chi connectivity index (χ2n) is 7.64. The molecule has 1 radical (unpaired) electrons. The Morgan fingerprint density at radius 1 is 0.364 bits per heavy atom. The van der Waals surface area contributed by atoms with Gasteiger partial charge >= 0.3 is 0 Å². The smallest absolute Gasteiger partial charge is 0.204 e. The SMILES string of the molecule is [O]c1cccc(N(c2ccccc2)c2ccccc2)c1N(c1ccccc1)c1ccccc1. The summed E-state index contributed by atoms with van der Waals surface area (Å²) < 4.78 is 0. The number of nitrogens with zero attached hydrogens (tertiary/aromatic N) is 2. The molecule has 0 unspecified atom stereocenters. The summed E-state index contributed by atoms with van der Waals surface area (Å²) in [4.78, 5) is 4.17. The van der Waals surface area contributed by atoms with E-state index in [1.165, 1.54) is 0 Å². The van der Waals surface area contributed by atoms with Crippen molar-refractivity contribution in [2.45, 2.75) is 0 Å². The van der Waals surface area contributed by atoms with Gasteiger partial charge in [0.25, 0.3) is 0 Å². The Morgan fingerprint density at radius 3 is 1.12 bits per heavy atom. The monoisotopic (exact) mass is 427 g/mol. The molecule has 5 aromatic rings. The Kier molecular flexibility index (Phi) is 5.77. The third-order valence-corrected chi connectivity index (χ3v) is 5.50. The fourth-order valence-electron chi connectivity index (χ4n) is 4.06. The van der Waals surface area contributed by atoms with E-state index in [9.17, 15) is 5.11 Å². The Morgan fingerprint density at radius 2 is 0.727 bits per heavy atom. The Hall–Kier alpha value is -4.50. The molecule has 159 valence electrons. The predicted octanol–water partition coefficient (Wildman–Crippen LogP) is 8.77. The van der Waals surface area contributed by atoms with Crippen LogP contribution in [-0.2, 0) is 5.11 Å². The minimum atomic E-state index is -0.0444. The maximum Gasteiger partial charge on any atom is 0.204 e. The summed E-state index contributed by atoms with van der Waals surface area (Å²) in [6.45, 7) is 0. The molecule has 0 N–H and O–H groups in total. The van der Waals surface area contributed by atoms with E-state index in [2.05, 4.69) is 29.2 Å². The molecule has 33 heavy (non-hydrogen) atoms. The molecule has 0 bridgehead atoms. The highest BCUT2D eigenvalue weighted by Gasteiger charge is 2.25. The van der Waals surface area contributed by atoms with Gasteiger partial charge in [-0.1, -0.05) is 78.9 Å². The van der Waals surface area contributed by atoms with Crippen LogP contribution in [0.15, 0.2) is 140 Å². The third kappa shape index (κ3) is 4.17. The number of benzene rings is 5. The summed E-state index contributed by atoms with van der Waals surface area (Å²) in [7, 11) is 0. The minimum absolute atomic E-state index is 0.0444. The first-order valence-electron chi connectivity index (χ1n) is 10.9. The lowest BCUT2D eigenvalue weighted by Gasteiger charge is -2.33. The van der Waals surface area contributed by atoms with Crippen molar-refractivity contribution in [3.05, 3.63) is 140 Å². The molecule has 0 aromatic heterocycles. The van der Waals surface area contributed by atoms with Gasteiger partial charge in [0.1, 0.15) is 5.69 Å². The van der Waals surface area contributed by atoms with Crippen LogP contribution in [0, 0.1) is 0 Å².